The molecule has 0 saturated carbocycles. The zero-order valence-electron chi connectivity index (χ0n) is 11.3. The number of halogens is 1. The van der Waals surface area contributed by atoms with Crippen LogP contribution in [0.15, 0.2) is 36.7 Å². The summed E-state index contributed by atoms with van der Waals surface area (Å²) in [7, 11) is 1.70. The van der Waals surface area contributed by atoms with Gasteiger partial charge in [-0.3, -0.25) is 0 Å². The van der Waals surface area contributed by atoms with Gasteiger partial charge in [-0.05, 0) is 32.0 Å². The van der Waals surface area contributed by atoms with Crippen molar-refractivity contribution in [3.8, 4) is 5.69 Å². The maximum absolute atomic E-state index is 6.29. The molecule has 102 valence electrons. The molecule has 0 amide bonds. The van der Waals surface area contributed by atoms with Crippen molar-refractivity contribution in [2.75, 3.05) is 12.4 Å². The molecule has 2 rings (SSSR count). The molecule has 0 bridgehead atoms. The van der Waals surface area contributed by atoms with Crippen molar-refractivity contribution in [3.63, 3.8) is 0 Å². The lowest BCUT2D eigenvalue weighted by molar-refractivity contribution is 0.106. The minimum Gasteiger partial charge on any atom is -0.380 e. The van der Waals surface area contributed by atoms with E-state index in [0.29, 0.717) is 5.02 Å². The molecule has 2 aromatic rings. The third-order valence-corrected chi connectivity index (χ3v) is 3.48. The number of nitrogens with one attached hydrogen (secondary N) is 1. The fourth-order valence-corrected chi connectivity index (χ4v) is 2.09. The lowest BCUT2D eigenvalue weighted by Crippen LogP contribution is -2.30. The number of hydrogen-bond donors (Lipinski definition) is 1. The Morgan fingerprint density at radius 3 is 2.74 bits per heavy atom. The van der Waals surface area contributed by atoms with Crippen LogP contribution in [0.5, 0.6) is 0 Å². The summed E-state index contributed by atoms with van der Waals surface area (Å²) >= 11 is 6.29. The van der Waals surface area contributed by atoms with E-state index in [9.17, 15) is 0 Å². The van der Waals surface area contributed by atoms with Crippen molar-refractivity contribution in [1.29, 1.82) is 0 Å². The second-order valence-electron chi connectivity index (χ2n) is 4.46. The Hall–Kier alpha value is -1.52. The van der Waals surface area contributed by atoms with Crippen LogP contribution in [0.25, 0.3) is 5.69 Å². The lowest BCUT2D eigenvalue weighted by Gasteiger charge is -2.23. The molecule has 2 atom stereocenters. The molecule has 2 unspecified atom stereocenters. The summed E-state index contributed by atoms with van der Waals surface area (Å²) in [6.07, 6.45) is 3.70. The summed E-state index contributed by atoms with van der Waals surface area (Å²) in [6.45, 7) is 4.09. The van der Waals surface area contributed by atoms with E-state index in [-0.39, 0.29) is 12.1 Å². The lowest BCUT2D eigenvalue weighted by atomic mass is 10.2. The molecule has 0 radical (unpaired) electrons. The Kier molecular flexibility index (Phi) is 4.45. The minimum absolute atomic E-state index is 0.101. The van der Waals surface area contributed by atoms with Gasteiger partial charge in [-0.25, -0.2) is 4.68 Å². The Bertz CT molecular complexity index is 527. The van der Waals surface area contributed by atoms with Crippen molar-refractivity contribution >= 4 is 17.3 Å². The molecule has 0 aliphatic heterocycles. The molecule has 1 aromatic heterocycles. The third-order valence-electron chi connectivity index (χ3n) is 3.18. The zero-order chi connectivity index (χ0) is 13.8. The predicted molar refractivity (Wildman–Crippen MR) is 78.1 cm³/mol. The smallest absolute Gasteiger partial charge is 0.106 e. The molecule has 1 aromatic carbocycles. The molecule has 0 spiro atoms. The summed E-state index contributed by atoms with van der Waals surface area (Å²) in [5, 5.41) is 8.32. The van der Waals surface area contributed by atoms with Crippen molar-refractivity contribution in [1.82, 2.24) is 9.78 Å². The van der Waals surface area contributed by atoms with Crippen molar-refractivity contribution in [2.24, 2.45) is 0 Å². The fraction of sp³-hybridized carbons (Fsp3) is 0.357. The highest BCUT2D eigenvalue weighted by Gasteiger charge is 2.15. The maximum Gasteiger partial charge on any atom is 0.106 e. The van der Waals surface area contributed by atoms with Crippen LogP contribution >= 0.6 is 11.6 Å². The average Bonchev–Trinajstić information content (AvgIpc) is 2.91. The number of anilines is 1. The Morgan fingerprint density at radius 2 is 2.11 bits per heavy atom. The van der Waals surface area contributed by atoms with Gasteiger partial charge in [0, 0.05) is 25.5 Å². The summed E-state index contributed by atoms with van der Waals surface area (Å²) in [4.78, 5) is 0. The van der Waals surface area contributed by atoms with Crippen molar-refractivity contribution in [3.05, 3.63) is 41.7 Å². The van der Waals surface area contributed by atoms with Gasteiger partial charge >= 0.3 is 0 Å². The van der Waals surface area contributed by atoms with Crippen LogP contribution in [0.2, 0.25) is 5.02 Å². The van der Waals surface area contributed by atoms with Crippen LogP contribution in [-0.4, -0.2) is 29.0 Å². The van der Waals surface area contributed by atoms with Gasteiger partial charge in [-0.1, -0.05) is 17.7 Å². The van der Waals surface area contributed by atoms with E-state index < -0.39 is 0 Å². The zero-order valence-corrected chi connectivity index (χ0v) is 12.1. The van der Waals surface area contributed by atoms with Gasteiger partial charge < -0.3 is 10.1 Å². The molecule has 19 heavy (non-hydrogen) atoms. The molecular weight excluding hydrogens is 262 g/mol. The Morgan fingerprint density at radius 1 is 1.32 bits per heavy atom. The Labute approximate surface area is 118 Å². The first kappa shape index (κ1) is 13.9. The molecule has 1 N–H and O–H groups in total. The molecule has 1 heterocycles. The number of nitrogens with zero attached hydrogens (tertiary/aromatic N) is 2. The topological polar surface area (TPSA) is 39.1 Å². The first-order valence-corrected chi connectivity index (χ1v) is 6.59. The summed E-state index contributed by atoms with van der Waals surface area (Å²) in [5.41, 5.74) is 1.79. The molecule has 0 saturated heterocycles. The minimum atomic E-state index is 0.101. The summed E-state index contributed by atoms with van der Waals surface area (Å²) in [6, 6.07) is 7.80. The third kappa shape index (κ3) is 3.08. The van der Waals surface area contributed by atoms with Gasteiger partial charge in [0.2, 0.25) is 0 Å². The largest absolute Gasteiger partial charge is 0.380 e. The normalized spacial score (nSPS) is 14.1. The van der Waals surface area contributed by atoms with E-state index in [1.807, 2.05) is 37.4 Å². The first-order valence-electron chi connectivity index (χ1n) is 6.21. The van der Waals surface area contributed by atoms with E-state index in [0.717, 1.165) is 11.4 Å². The number of ether oxygens (including phenoxy) is 1. The highest BCUT2D eigenvalue weighted by Crippen LogP contribution is 2.28. The van der Waals surface area contributed by atoms with E-state index in [4.69, 9.17) is 16.3 Å². The number of para-hydroxylation sites is 1. The van der Waals surface area contributed by atoms with E-state index in [1.165, 1.54) is 0 Å². The van der Waals surface area contributed by atoms with Crippen molar-refractivity contribution < 1.29 is 4.74 Å². The second-order valence-corrected chi connectivity index (χ2v) is 4.87. The molecule has 0 aliphatic rings. The molecular formula is C14H18ClN3O. The SMILES string of the molecule is COC(C)C(C)Nc1cccc(Cl)c1-n1cccn1. The van der Waals surface area contributed by atoms with Gasteiger partial charge in [-0.2, -0.15) is 5.10 Å². The number of hydrogen-bond acceptors (Lipinski definition) is 3. The quantitative estimate of drug-likeness (QED) is 0.912. The molecule has 4 nitrogen and oxygen atoms in total. The molecule has 0 aliphatic carbocycles. The van der Waals surface area contributed by atoms with E-state index in [1.54, 1.807) is 18.0 Å². The molecule has 0 fully saturated rings. The van der Waals surface area contributed by atoms with Crippen LogP contribution in [0.3, 0.4) is 0 Å². The fourth-order valence-electron chi connectivity index (χ4n) is 1.83. The second kappa shape index (κ2) is 6.08. The standard InChI is InChI=1S/C14H18ClN3O/c1-10(11(2)19-3)17-13-7-4-6-12(15)14(13)18-9-5-8-16-18/h4-11,17H,1-3H3. The van der Waals surface area contributed by atoms with Gasteiger partial charge in [0.05, 0.1) is 16.8 Å². The predicted octanol–water partition coefficient (Wildman–Crippen LogP) is 3.36. The summed E-state index contributed by atoms with van der Waals surface area (Å²) < 4.78 is 7.09. The van der Waals surface area contributed by atoms with Crippen LogP contribution in [0.1, 0.15) is 13.8 Å². The number of benzene rings is 1. The van der Waals surface area contributed by atoms with Crippen LogP contribution < -0.4 is 5.32 Å². The van der Waals surface area contributed by atoms with Gasteiger partial charge in [0.1, 0.15) is 5.69 Å². The number of rotatable bonds is 5. The van der Waals surface area contributed by atoms with Crippen molar-refractivity contribution in [2.45, 2.75) is 26.0 Å². The van der Waals surface area contributed by atoms with E-state index in [2.05, 4.69) is 17.3 Å². The average molecular weight is 280 g/mol. The first-order chi connectivity index (χ1) is 9.13. The van der Waals surface area contributed by atoms with Gasteiger partial charge in [0.25, 0.3) is 0 Å². The number of aromatic nitrogens is 2. The highest BCUT2D eigenvalue weighted by molar-refractivity contribution is 6.33. The van der Waals surface area contributed by atoms with E-state index >= 15 is 0 Å². The maximum atomic E-state index is 6.29. The van der Waals surface area contributed by atoms with Crippen LogP contribution in [-0.2, 0) is 4.74 Å². The van der Waals surface area contributed by atoms with Gasteiger partial charge in [-0.15, -0.1) is 0 Å². The molecule has 5 heteroatoms. The highest BCUT2D eigenvalue weighted by atomic mass is 35.5. The van der Waals surface area contributed by atoms with Crippen LogP contribution in [0.4, 0.5) is 5.69 Å². The number of methoxy groups -OCH3 is 1. The van der Waals surface area contributed by atoms with Crippen LogP contribution in [0, 0.1) is 0 Å². The summed E-state index contributed by atoms with van der Waals surface area (Å²) in [5.74, 6) is 0. The van der Waals surface area contributed by atoms with Gasteiger partial charge in [0.15, 0.2) is 0 Å². The monoisotopic (exact) mass is 279 g/mol. The Balaban J connectivity index is 2.33.